The molecule has 19 heavy (non-hydrogen) atoms. The van der Waals surface area contributed by atoms with Gasteiger partial charge in [-0.05, 0) is 23.9 Å². The highest BCUT2D eigenvalue weighted by Gasteiger charge is 2.31. The molecule has 0 radical (unpaired) electrons. The van der Waals surface area contributed by atoms with Crippen LogP contribution in [0.4, 0.5) is 19.0 Å². The topological polar surface area (TPSA) is 81.7 Å². The van der Waals surface area contributed by atoms with Gasteiger partial charge in [0.25, 0.3) is 0 Å². The molecule has 0 bridgehead atoms. The van der Waals surface area contributed by atoms with E-state index < -0.39 is 11.7 Å². The van der Waals surface area contributed by atoms with Crippen molar-refractivity contribution < 1.29 is 13.2 Å². The van der Waals surface area contributed by atoms with Crippen molar-refractivity contribution in [2.24, 2.45) is 12.9 Å². The Kier molecular flexibility index (Phi) is 3.62. The van der Waals surface area contributed by atoms with E-state index in [1.807, 2.05) is 0 Å². The van der Waals surface area contributed by atoms with Crippen LogP contribution in [0.15, 0.2) is 28.6 Å². The van der Waals surface area contributed by atoms with Crippen LogP contribution >= 0.6 is 11.8 Å². The molecule has 0 fully saturated rings. The van der Waals surface area contributed by atoms with E-state index in [0.717, 1.165) is 23.9 Å². The van der Waals surface area contributed by atoms with Gasteiger partial charge in [0.05, 0.1) is 5.56 Å². The van der Waals surface area contributed by atoms with Crippen LogP contribution in [-0.4, -0.2) is 19.7 Å². The summed E-state index contributed by atoms with van der Waals surface area (Å²) < 4.78 is 39.7. The zero-order valence-corrected chi connectivity index (χ0v) is 10.5. The summed E-state index contributed by atoms with van der Waals surface area (Å²) in [5, 5.41) is 7.94. The lowest BCUT2D eigenvalue weighted by molar-refractivity contribution is -0.137. The van der Waals surface area contributed by atoms with Crippen LogP contribution in [-0.2, 0) is 13.2 Å². The quantitative estimate of drug-likeness (QED) is 0.661. The first kappa shape index (κ1) is 13.6. The number of alkyl halides is 3. The van der Waals surface area contributed by atoms with Gasteiger partial charge in [0.1, 0.15) is 17.2 Å². The van der Waals surface area contributed by atoms with Crippen LogP contribution < -0.4 is 11.3 Å². The van der Waals surface area contributed by atoms with Gasteiger partial charge >= 0.3 is 6.18 Å². The highest BCUT2D eigenvalue weighted by atomic mass is 32.2. The number of nitrogen functional groups attached to an aromatic ring is 1. The Morgan fingerprint density at radius 1 is 1.37 bits per heavy atom. The van der Waals surface area contributed by atoms with Crippen LogP contribution in [0, 0.1) is 0 Å². The molecule has 2 aromatic rings. The van der Waals surface area contributed by atoms with E-state index in [0.29, 0.717) is 5.16 Å². The second kappa shape index (κ2) is 5.05. The Labute approximate surface area is 110 Å². The Balaban J connectivity index is 2.37. The van der Waals surface area contributed by atoms with E-state index in [9.17, 15) is 13.2 Å². The maximum atomic E-state index is 12.7. The number of nitrogens with zero attached hydrogens (tertiary/aromatic N) is 4. The zero-order valence-electron chi connectivity index (χ0n) is 9.64. The van der Waals surface area contributed by atoms with Gasteiger partial charge in [0, 0.05) is 7.05 Å². The summed E-state index contributed by atoms with van der Waals surface area (Å²) in [6, 6.07) is 1.76. The molecular weight excluding hydrogens is 281 g/mol. The first-order valence-corrected chi connectivity index (χ1v) is 5.79. The van der Waals surface area contributed by atoms with Gasteiger partial charge in [0.15, 0.2) is 5.16 Å². The highest BCUT2D eigenvalue weighted by molar-refractivity contribution is 7.99. The molecule has 102 valence electrons. The minimum Gasteiger partial charge on any atom is -0.311 e. The lowest BCUT2D eigenvalue weighted by Crippen LogP contribution is -2.12. The molecule has 10 heteroatoms. The van der Waals surface area contributed by atoms with Gasteiger partial charge in [0.2, 0.25) is 0 Å². The van der Waals surface area contributed by atoms with Gasteiger partial charge in [-0.2, -0.15) is 13.2 Å². The molecule has 0 unspecified atom stereocenters. The number of nitrogens with two attached hydrogens (primary N) is 1. The number of rotatable bonds is 3. The number of pyridine rings is 1. The second-order valence-electron chi connectivity index (χ2n) is 3.55. The van der Waals surface area contributed by atoms with Crippen molar-refractivity contribution in [2.45, 2.75) is 16.4 Å². The summed E-state index contributed by atoms with van der Waals surface area (Å²) in [6.07, 6.45) is -3.03. The standard InChI is InChI=1S/C9H9F3N6S/c1-18-4-14-17-8(18)19-7-3-5(9(10,11)12)2-6(15-7)16-13/h2-4H,13H2,1H3,(H,15,16). The lowest BCUT2D eigenvalue weighted by Gasteiger charge is -2.10. The summed E-state index contributed by atoms with van der Waals surface area (Å²) in [7, 11) is 1.68. The van der Waals surface area contributed by atoms with E-state index >= 15 is 0 Å². The van der Waals surface area contributed by atoms with Crippen molar-refractivity contribution in [3.05, 3.63) is 24.0 Å². The molecule has 2 heterocycles. The molecule has 2 aromatic heterocycles. The summed E-state index contributed by atoms with van der Waals surface area (Å²) >= 11 is 0.963. The van der Waals surface area contributed by atoms with E-state index in [1.165, 1.54) is 6.33 Å². The molecule has 0 saturated heterocycles. The molecule has 0 atom stereocenters. The maximum Gasteiger partial charge on any atom is 0.416 e. The fraction of sp³-hybridized carbons (Fsp3) is 0.222. The van der Waals surface area contributed by atoms with Gasteiger partial charge < -0.3 is 9.99 Å². The summed E-state index contributed by atoms with van der Waals surface area (Å²) in [6.45, 7) is 0. The molecule has 0 aliphatic heterocycles. The Bertz CT molecular complexity index is 582. The number of halogens is 3. The average Bonchev–Trinajstić information content (AvgIpc) is 2.73. The number of nitrogens with one attached hydrogen (secondary N) is 1. The average molecular weight is 290 g/mol. The molecule has 0 amide bonds. The highest BCUT2D eigenvalue weighted by Crippen LogP contribution is 2.34. The summed E-state index contributed by atoms with van der Waals surface area (Å²) in [5.41, 5.74) is 1.27. The predicted molar refractivity (Wildman–Crippen MR) is 62.2 cm³/mol. The monoisotopic (exact) mass is 290 g/mol. The summed E-state index contributed by atoms with van der Waals surface area (Å²) in [4.78, 5) is 3.93. The Hall–Kier alpha value is -1.81. The van der Waals surface area contributed by atoms with Crippen LogP contribution in [0.3, 0.4) is 0 Å². The molecular formula is C9H9F3N6S. The number of hydrogen-bond donors (Lipinski definition) is 2. The number of anilines is 1. The molecule has 3 N–H and O–H groups in total. The van der Waals surface area contributed by atoms with Crippen LogP contribution in [0.2, 0.25) is 0 Å². The fourth-order valence-corrected chi connectivity index (χ4v) is 2.05. The molecule has 0 spiro atoms. The smallest absolute Gasteiger partial charge is 0.311 e. The van der Waals surface area contributed by atoms with Gasteiger partial charge in [-0.1, -0.05) is 0 Å². The Morgan fingerprint density at radius 3 is 2.63 bits per heavy atom. The molecule has 2 rings (SSSR count). The maximum absolute atomic E-state index is 12.7. The van der Waals surface area contributed by atoms with Crippen molar-refractivity contribution in [2.75, 3.05) is 5.43 Å². The lowest BCUT2D eigenvalue weighted by atomic mass is 10.2. The predicted octanol–water partition coefficient (Wildman–Crippen LogP) is 1.67. The number of aryl methyl sites for hydroxylation is 1. The second-order valence-corrected chi connectivity index (χ2v) is 4.54. The first-order valence-electron chi connectivity index (χ1n) is 4.98. The zero-order chi connectivity index (χ0) is 14.0. The molecule has 0 saturated carbocycles. The largest absolute Gasteiger partial charge is 0.416 e. The van der Waals surface area contributed by atoms with Crippen molar-refractivity contribution in [3.8, 4) is 0 Å². The minimum absolute atomic E-state index is 0.0699. The first-order chi connectivity index (χ1) is 8.90. The fourth-order valence-electron chi connectivity index (χ4n) is 1.25. The molecule has 0 aliphatic rings. The van der Waals surface area contributed by atoms with Crippen molar-refractivity contribution in [1.29, 1.82) is 0 Å². The third kappa shape index (κ3) is 3.15. The van der Waals surface area contributed by atoms with Crippen LogP contribution in [0.5, 0.6) is 0 Å². The van der Waals surface area contributed by atoms with Crippen LogP contribution in [0.25, 0.3) is 0 Å². The number of aromatic nitrogens is 4. The van der Waals surface area contributed by atoms with Gasteiger partial charge in [-0.25, -0.2) is 10.8 Å². The third-order valence-electron chi connectivity index (χ3n) is 2.14. The van der Waals surface area contributed by atoms with E-state index in [2.05, 4.69) is 20.6 Å². The van der Waals surface area contributed by atoms with Crippen molar-refractivity contribution >= 4 is 17.6 Å². The van der Waals surface area contributed by atoms with Crippen molar-refractivity contribution in [1.82, 2.24) is 19.7 Å². The van der Waals surface area contributed by atoms with E-state index in [-0.39, 0.29) is 10.8 Å². The van der Waals surface area contributed by atoms with Gasteiger partial charge in [-0.15, -0.1) is 10.2 Å². The molecule has 6 nitrogen and oxygen atoms in total. The van der Waals surface area contributed by atoms with Crippen LogP contribution in [0.1, 0.15) is 5.56 Å². The summed E-state index contributed by atoms with van der Waals surface area (Å²) in [5.74, 6) is 5.04. The van der Waals surface area contributed by atoms with E-state index in [1.54, 1.807) is 11.6 Å². The van der Waals surface area contributed by atoms with E-state index in [4.69, 9.17) is 5.84 Å². The molecule has 0 aromatic carbocycles. The SMILES string of the molecule is Cn1cnnc1Sc1cc(C(F)(F)F)cc(NN)n1. The molecule has 0 aliphatic carbocycles. The number of hydrazine groups is 1. The third-order valence-corrected chi connectivity index (χ3v) is 3.11. The van der Waals surface area contributed by atoms with Gasteiger partial charge in [-0.3, -0.25) is 0 Å². The Morgan fingerprint density at radius 2 is 2.11 bits per heavy atom. The number of hydrogen-bond acceptors (Lipinski definition) is 6. The normalized spacial score (nSPS) is 11.6. The van der Waals surface area contributed by atoms with Crippen molar-refractivity contribution in [3.63, 3.8) is 0 Å². The minimum atomic E-state index is -4.47.